The molecule has 1 unspecified atom stereocenters. The lowest BCUT2D eigenvalue weighted by Gasteiger charge is -2.54. The molecule has 0 aromatic rings. The maximum Gasteiger partial charge on any atom is 0.161 e. The molecule has 2 aliphatic rings. The predicted octanol–water partition coefficient (Wildman–Crippen LogP) is 2.13. The van der Waals surface area contributed by atoms with Gasteiger partial charge in [-0.05, 0) is 30.6 Å². The molecular formula is C13H22O3. The molecule has 2 bridgehead atoms. The molecule has 3 atom stereocenters. The van der Waals surface area contributed by atoms with E-state index in [2.05, 4.69) is 20.8 Å². The lowest BCUT2D eigenvalue weighted by Crippen LogP contribution is -2.56. The molecule has 1 saturated carbocycles. The Bertz CT molecular complexity index is 323. The van der Waals surface area contributed by atoms with E-state index in [1.54, 1.807) is 6.92 Å². The quantitative estimate of drug-likeness (QED) is 0.784. The molecule has 2 rings (SSSR count). The summed E-state index contributed by atoms with van der Waals surface area (Å²) in [5, 5.41) is 10.2. The van der Waals surface area contributed by atoms with Crippen molar-refractivity contribution in [1.29, 1.82) is 0 Å². The van der Waals surface area contributed by atoms with Gasteiger partial charge >= 0.3 is 0 Å². The number of hydrogen-bond acceptors (Lipinski definition) is 3. The number of carbonyl (C=O) groups is 1. The fourth-order valence-corrected chi connectivity index (χ4v) is 3.67. The Morgan fingerprint density at radius 2 is 2.00 bits per heavy atom. The van der Waals surface area contributed by atoms with Crippen molar-refractivity contribution in [2.24, 2.45) is 16.2 Å². The number of ketones is 1. The zero-order valence-corrected chi connectivity index (χ0v) is 10.7. The van der Waals surface area contributed by atoms with Gasteiger partial charge in [-0.2, -0.15) is 0 Å². The highest BCUT2D eigenvalue weighted by Gasteiger charge is 2.66. The van der Waals surface area contributed by atoms with Crippen LogP contribution in [0.1, 0.15) is 47.0 Å². The number of ether oxygens (including phenoxy) is 1. The minimum Gasteiger partial charge on any atom is -0.367 e. The Balaban J connectivity index is 2.44. The van der Waals surface area contributed by atoms with E-state index in [1.807, 2.05) is 0 Å². The van der Waals surface area contributed by atoms with Crippen LogP contribution in [-0.2, 0) is 9.53 Å². The summed E-state index contributed by atoms with van der Waals surface area (Å²) in [5.41, 5.74) is -0.350. The van der Waals surface area contributed by atoms with E-state index in [9.17, 15) is 9.90 Å². The number of aliphatic hydroxyl groups is 1. The summed E-state index contributed by atoms with van der Waals surface area (Å²) < 4.78 is 5.51. The Labute approximate surface area is 97.2 Å². The van der Waals surface area contributed by atoms with Gasteiger partial charge in [0.25, 0.3) is 0 Å². The molecule has 3 heteroatoms. The number of fused-ring (bicyclic) bond motifs is 2. The van der Waals surface area contributed by atoms with Gasteiger partial charge in [0.15, 0.2) is 6.29 Å². The first kappa shape index (κ1) is 12.1. The molecule has 16 heavy (non-hydrogen) atoms. The average Bonchev–Trinajstić information content (AvgIpc) is 2.31. The van der Waals surface area contributed by atoms with E-state index in [0.29, 0.717) is 13.0 Å². The highest BCUT2D eigenvalue weighted by molar-refractivity contribution is 5.76. The van der Waals surface area contributed by atoms with Crippen molar-refractivity contribution >= 4 is 5.78 Å². The van der Waals surface area contributed by atoms with Crippen LogP contribution in [0, 0.1) is 16.2 Å². The summed E-state index contributed by atoms with van der Waals surface area (Å²) in [7, 11) is 0. The van der Waals surface area contributed by atoms with Gasteiger partial charge in [0, 0.05) is 11.8 Å². The van der Waals surface area contributed by atoms with E-state index in [-0.39, 0.29) is 22.0 Å². The van der Waals surface area contributed by atoms with E-state index in [0.717, 1.165) is 12.8 Å². The lowest BCUT2D eigenvalue weighted by molar-refractivity contribution is -0.268. The molecule has 0 radical (unpaired) electrons. The van der Waals surface area contributed by atoms with Crippen LogP contribution in [0.15, 0.2) is 0 Å². The summed E-state index contributed by atoms with van der Waals surface area (Å²) in [6.07, 6.45) is 1.56. The van der Waals surface area contributed by atoms with Crippen LogP contribution in [0.25, 0.3) is 0 Å². The molecule has 0 spiro atoms. The van der Waals surface area contributed by atoms with Crippen molar-refractivity contribution in [2.75, 3.05) is 6.61 Å². The van der Waals surface area contributed by atoms with Crippen LogP contribution in [0.4, 0.5) is 0 Å². The molecule has 3 nitrogen and oxygen atoms in total. The van der Waals surface area contributed by atoms with Crippen LogP contribution >= 0.6 is 0 Å². The summed E-state index contributed by atoms with van der Waals surface area (Å²) in [6.45, 7) is 8.76. The third kappa shape index (κ3) is 1.25. The molecule has 0 aromatic carbocycles. The van der Waals surface area contributed by atoms with Gasteiger partial charge in [0.1, 0.15) is 5.78 Å². The summed E-state index contributed by atoms with van der Waals surface area (Å²) in [6, 6.07) is 0. The fourth-order valence-electron chi connectivity index (χ4n) is 3.67. The smallest absolute Gasteiger partial charge is 0.161 e. The second-order valence-electron chi connectivity index (χ2n) is 6.38. The van der Waals surface area contributed by atoms with E-state index in [4.69, 9.17) is 4.74 Å². The van der Waals surface area contributed by atoms with E-state index in [1.165, 1.54) is 0 Å². The number of Topliss-reactive ketones (excluding diaryl/α,β-unsaturated/α-hetero) is 1. The van der Waals surface area contributed by atoms with Crippen molar-refractivity contribution < 1.29 is 14.6 Å². The van der Waals surface area contributed by atoms with Crippen LogP contribution in [0.2, 0.25) is 0 Å². The van der Waals surface area contributed by atoms with Gasteiger partial charge in [-0.1, -0.05) is 20.8 Å². The van der Waals surface area contributed by atoms with Crippen molar-refractivity contribution in [3.8, 4) is 0 Å². The summed E-state index contributed by atoms with van der Waals surface area (Å²) >= 11 is 0. The zero-order valence-electron chi connectivity index (χ0n) is 10.7. The highest BCUT2D eigenvalue weighted by atomic mass is 16.6. The number of hydrogen-bond donors (Lipinski definition) is 1. The largest absolute Gasteiger partial charge is 0.367 e. The molecule has 2 fully saturated rings. The normalized spacial score (nSPS) is 45.7. The molecule has 92 valence electrons. The number of aliphatic hydroxyl groups excluding tert-OH is 1. The highest BCUT2D eigenvalue weighted by Crippen LogP contribution is 2.68. The minimum absolute atomic E-state index is 0.0522. The first-order valence-electron chi connectivity index (χ1n) is 6.04. The molecule has 1 N–H and O–H groups in total. The third-order valence-electron chi connectivity index (χ3n) is 5.47. The lowest BCUT2D eigenvalue weighted by atomic mass is 9.56. The molecular weight excluding hydrogens is 204 g/mol. The van der Waals surface area contributed by atoms with Gasteiger partial charge < -0.3 is 14.6 Å². The third-order valence-corrected chi connectivity index (χ3v) is 5.47. The monoisotopic (exact) mass is 226 g/mol. The minimum atomic E-state index is -0.790. The van der Waals surface area contributed by atoms with Crippen molar-refractivity contribution in [3.05, 3.63) is 0 Å². The molecule has 1 aliphatic carbocycles. The Morgan fingerprint density at radius 1 is 1.38 bits per heavy atom. The molecule has 1 aliphatic heterocycles. The van der Waals surface area contributed by atoms with Crippen LogP contribution in [0.3, 0.4) is 0 Å². The Morgan fingerprint density at radius 3 is 2.56 bits per heavy atom. The van der Waals surface area contributed by atoms with Gasteiger partial charge in [0.2, 0.25) is 0 Å². The van der Waals surface area contributed by atoms with Crippen LogP contribution in [-0.4, -0.2) is 23.8 Å². The van der Waals surface area contributed by atoms with Gasteiger partial charge in [0.05, 0.1) is 6.61 Å². The summed E-state index contributed by atoms with van der Waals surface area (Å²) in [5.74, 6) is 0.141. The second kappa shape index (κ2) is 3.30. The molecule has 1 heterocycles. The van der Waals surface area contributed by atoms with Crippen LogP contribution in [0.5, 0.6) is 0 Å². The van der Waals surface area contributed by atoms with Gasteiger partial charge in [-0.15, -0.1) is 0 Å². The number of rotatable bonds is 2. The first-order chi connectivity index (χ1) is 7.25. The molecule has 1 saturated heterocycles. The predicted molar refractivity (Wildman–Crippen MR) is 60.8 cm³/mol. The van der Waals surface area contributed by atoms with Gasteiger partial charge in [-0.3, -0.25) is 0 Å². The van der Waals surface area contributed by atoms with Crippen molar-refractivity contribution in [3.63, 3.8) is 0 Å². The van der Waals surface area contributed by atoms with Gasteiger partial charge in [-0.25, -0.2) is 0 Å². The topological polar surface area (TPSA) is 46.5 Å². The molecule has 0 aromatic heterocycles. The molecule has 0 amide bonds. The van der Waals surface area contributed by atoms with Crippen LogP contribution < -0.4 is 0 Å². The van der Waals surface area contributed by atoms with E-state index >= 15 is 0 Å². The fraction of sp³-hybridized carbons (Fsp3) is 0.923. The Kier molecular flexibility index (Phi) is 2.48. The SMILES string of the molecule is CC(=O)C[C@@]12CC[C@@](C)(COC1O)C2(C)C. The van der Waals surface area contributed by atoms with Crippen molar-refractivity contribution in [1.82, 2.24) is 0 Å². The van der Waals surface area contributed by atoms with E-state index < -0.39 is 6.29 Å². The summed E-state index contributed by atoms with van der Waals surface area (Å²) in [4.78, 5) is 11.5. The van der Waals surface area contributed by atoms with Crippen molar-refractivity contribution in [2.45, 2.75) is 53.2 Å². The zero-order chi connectivity index (χ0) is 12.2. The standard InChI is InChI=1S/C13H22O3/c1-9(14)7-13-6-5-12(4,11(13,2)3)8-16-10(13)15/h10,15H,5-8H2,1-4H3/t10?,12-,13-/m0/s1. The Hall–Kier alpha value is -0.410. The average molecular weight is 226 g/mol. The second-order valence-corrected chi connectivity index (χ2v) is 6.38. The number of carbonyl (C=O) groups excluding carboxylic acids is 1. The maximum atomic E-state index is 11.5. The maximum absolute atomic E-state index is 11.5. The first-order valence-corrected chi connectivity index (χ1v) is 6.04.